The highest BCUT2D eigenvalue weighted by molar-refractivity contribution is 8.00. The van der Waals surface area contributed by atoms with Gasteiger partial charge in [-0.1, -0.05) is 65.8 Å². The lowest BCUT2D eigenvalue weighted by Crippen LogP contribution is -2.41. The van der Waals surface area contributed by atoms with E-state index >= 15 is 0 Å². The number of urea groups is 1. The van der Waals surface area contributed by atoms with Crippen molar-refractivity contribution in [2.45, 2.75) is 23.9 Å². The van der Waals surface area contributed by atoms with E-state index < -0.39 is 17.2 Å². The van der Waals surface area contributed by atoms with Crippen molar-refractivity contribution in [3.05, 3.63) is 65.2 Å². The standard InChI is InChI=1S/C20H20ClN5O2S/c1-13(18(27)23-19(28)22-2)29-20-25-24-17(15-10-6-7-11-16(15)21)26(20)12-14-8-4-3-5-9-14/h3-11,13H,12H2,1-2H3,(H2,22,23,27,28)/t13-/m0/s1. The molecule has 0 aliphatic rings. The van der Waals surface area contributed by atoms with Crippen LogP contribution in [0.15, 0.2) is 59.8 Å². The molecule has 3 amide bonds. The van der Waals surface area contributed by atoms with E-state index in [0.717, 1.165) is 11.1 Å². The van der Waals surface area contributed by atoms with Gasteiger partial charge < -0.3 is 5.32 Å². The number of thioether (sulfide) groups is 1. The van der Waals surface area contributed by atoms with Crippen LogP contribution in [-0.4, -0.2) is 39.0 Å². The Bertz CT molecular complexity index is 1010. The highest BCUT2D eigenvalue weighted by Crippen LogP contribution is 2.31. The van der Waals surface area contributed by atoms with Gasteiger partial charge in [0.25, 0.3) is 0 Å². The number of halogens is 1. The molecule has 3 aromatic rings. The molecule has 0 spiro atoms. The molecule has 3 rings (SSSR count). The van der Waals surface area contributed by atoms with Gasteiger partial charge in [0.2, 0.25) is 5.91 Å². The van der Waals surface area contributed by atoms with Crippen molar-refractivity contribution >= 4 is 35.3 Å². The number of imide groups is 1. The van der Waals surface area contributed by atoms with E-state index in [-0.39, 0.29) is 0 Å². The Morgan fingerprint density at radius 3 is 2.48 bits per heavy atom. The van der Waals surface area contributed by atoms with E-state index in [1.54, 1.807) is 13.0 Å². The number of carbonyl (C=O) groups is 2. The average Bonchev–Trinajstić information content (AvgIpc) is 3.10. The van der Waals surface area contributed by atoms with Crippen LogP contribution in [0.2, 0.25) is 5.02 Å². The van der Waals surface area contributed by atoms with Gasteiger partial charge in [-0.15, -0.1) is 10.2 Å². The molecule has 0 unspecified atom stereocenters. The summed E-state index contributed by atoms with van der Waals surface area (Å²) in [6, 6.07) is 16.7. The summed E-state index contributed by atoms with van der Waals surface area (Å²) in [5.74, 6) is 0.198. The molecular weight excluding hydrogens is 410 g/mol. The lowest BCUT2D eigenvalue weighted by atomic mass is 10.2. The number of amides is 3. The van der Waals surface area contributed by atoms with Gasteiger partial charge in [0.1, 0.15) is 0 Å². The molecule has 0 aliphatic carbocycles. The molecule has 1 atom stereocenters. The Labute approximate surface area is 177 Å². The van der Waals surface area contributed by atoms with E-state index in [2.05, 4.69) is 20.8 Å². The van der Waals surface area contributed by atoms with Gasteiger partial charge in [-0.2, -0.15) is 0 Å². The first-order chi connectivity index (χ1) is 14.0. The Kier molecular flexibility index (Phi) is 6.90. The van der Waals surface area contributed by atoms with Crippen molar-refractivity contribution in [2.24, 2.45) is 0 Å². The average molecular weight is 430 g/mol. The number of rotatable bonds is 6. The second kappa shape index (κ2) is 9.58. The highest BCUT2D eigenvalue weighted by Gasteiger charge is 2.22. The smallest absolute Gasteiger partial charge is 0.321 e. The first kappa shape index (κ1) is 20.9. The minimum atomic E-state index is -0.551. The third-order valence-corrected chi connectivity index (χ3v) is 5.54. The van der Waals surface area contributed by atoms with Crippen molar-refractivity contribution in [1.29, 1.82) is 0 Å². The first-order valence-electron chi connectivity index (χ1n) is 8.91. The van der Waals surface area contributed by atoms with Crippen LogP contribution in [0.4, 0.5) is 4.79 Å². The highest BCUT2D eigenvalue weighted by atomic mass is 35.5. The van der Waals surface area contributed by atoms with Gasteiger partial charge in [0, 0.05) is 12.6 Å². The fourth-order valence-corrected chi connectivity index (χ4v) is 3.68. The topological polar surface area (TPSA) is 88.9 Å². The molecule has 0 radical (unpaired) electrons. The molecule has 9 heteroatoms. The summed E-state index contributed by atoms with van der Waals surface area (Å²) >= 11 is 7.60. The van der Waals surface area contributed by atoms with Crippen LogP contribution >= 0.6 is 23.4 Å². The number of hydrogen-bond donors (Lipinski definition) is 2. The number of carbonyl (C=O) groups excluding carboxylic acids is 2. The van der Waals surface area contributed by atoms with Gasteiger partial charge in [0.15, 0.2) is 11.0 Å². The number of hydrogen-bond acceptors (Lipinski definition) is 5. The van der Waals surface area contributed by atoms with Crippen molar-refractivity contribution in [1.82, 2.24) is 25.4 Å². The molecule has 7 nitrogen and oxygen atoms in total. The fraction of sp³-hybridized carbons (Fsp3) is 0.200. The van der Waals surface area contributed by atoms with Crippen molar-refractivity contribution < 1.29 is 9.59 Å². The van der Waals surface area contributed by atoms with Gasteiger partial charge in [-0.25, -0.2) is 4.79 Å². The molecule has 150 valence electrons. The zero-order valence-corrected chi connectivity index (χ0v) is 17.5. The predicted molar refractivity (Wildman–Crippen MR) is 114 cm³/mol. The summed E-state index contributed by atoms with van der Waals surface area (Å²) in [5.41, 5.74) is 1.82. The molecular formula is C20H20ClN5O2S. The summed E-state index contributed by atoms with van der Waals surface area (Å²) in [5, 5.41) is 13.8. The monoisotopic (exact) mass is 429 g/mol. The predicted octanol–water partition coefficient (Wildman–Crippen LogP) is 3.58. The molecule has 29 heavy (non-hydrogen) atoms. The molecule has 1 heterocycles. The first-order valence-corrected chi connectivity index (χ1v) is 10.2. The fourth-order valence-electron chi connectivity index (χ4n) is 2.61. The second-order valence-corrected chi connectivity index (χ2v) is 7.90. The van der Waals surface area contributed by atoms with Crippen LogP contribution in [0.25, 0.3) is 11.4 Å². The molecule has 0 bridgehead atoms. The Balaban J connectivity index is 1.93. The summed E-state index contributed by atoms with van der Waals surface area (Å²) < 4.78 is 1.92. The summed E-state index contributed by atoms with van der Waals surface area (Å²) in [6.07, 6.45) is 0. The Morgan fingerprint density at radius 1 is 1.10 bits per heavy atom. The molecule has 1 aromatic heterocycles. The number of nitrogens with zero attached hydrogens (tertiary/aromatic N) is 3. The van der Waals surface area contributed by atoms with Crippen molar-refractivity contribution in [3.8, 4) is 11.4 Å². The number of benzene rings is 2. The summed E-state index contributed by atoms with van der Waals surface area (Å²) in [7, 11) is 1.45. The third kappa shape index (κ3) is 5.16. The minimum absolute atomic E-state index is 0.414. The summed E-state index contributed by atoms with van der Waals surface area (Å²) in [6.45, 7) is 2.22. The summed E-state index contributed by atoms with van der Waals surface area (Å²) in [4.78, 5) is 23.7. The van der Waals surface area contributed by atoms with E-state index in [1.165, 1.54) is 18.8 Å². The van der Waals surface area contributed by atoms with Gasteiger partial charge in [-0.3, -0.25) is 14.7 Å². The molecule has 0 aliphatic heterocycles. The minimum Gasteiger partial charge on any atom is -0.341 e. The van der Waals surface area contributed by atoms with Crippen LogP contribution < -0.4 is 10.6 Å². The van der Waals surface area contributed by atoms with E-state index in [0.29, 0.717) is 22.5 Å². The van der Waals surface area contributed by atoms with Gasteiger partial charge in [0.05, 0.1) is 16.8 Å². The number of aromatic nitrogens is 3. The van der Waals surface area contributed by atoms with Crippen LogP contribution in [0.1, 0.15) is 12.5 Å². The lowest BCUT2D eigenvalue weighted by Gasteiger charge is -2.14. The lowest BCUT2D eigenvalue weighted by molar-refractivity contribution is -0.119. The normalized spacial score (nSPS) is 11.7. The number of nitrogens with one attached hydrogen (secondary N) is 2. The van der Waals surface area contributed by atoms with Crippen LogP contribution in [0.3, 0.4) is 0 Å². The Morgan fingerprint density at radius 2 is 1.79 bits per heavy atom. The maximum atomic E-state index is 12.2. The van der Waals surface area contributed by atoms with Crippen LogP contribution in [0.5, 0.6) is 0 Å². The van der Waals surface area contributed by atoms with E-state index in [9.17, 15) is 9.59 Å². The maximum Gasteiger partial charge on any atom is 0.321 e. The quantitative estimate of drug-likeness (QED) is 0.584. The van der Waals surface area contributed by atoms with Crippen molar-refractivity contribution in [3.63, 3.8) is 0 Å². The second-order valence-electron chi connectivity index (χ2n) is 6.19. The Hall–Kier alpha value is -2.84. The van der Waals surface area contributed by atoms with Crippen molar-refractivity contribution in [2.75, 3.05) is 7.05 Å². The zero-order valence-electron chi connectivity index (χ0n) is 15.9. The zero-order chi connectivity index (χ0) is 20.8. The van der Waals surface area contributed by atoms with Gasteiger partial charge in [-0.05, 0) is 24.6 Å². The van der Waals surface area contributed by atoms with E-state index in [4.69, 9.17) is 11.6 Å². The third-order valence-electron chi connectivity index (χ3n) is 4.13. The molecule has 0 fully saturated rings. The largest absolute Gasteiger partial charge is 0.341 e. The SMILES string of the molecule is CNC(=O)NC(=O)[C@H](C)Sc1nnc(-c2ccccc2Cl)n1Cc1ccccc1. The van der Waals surface area contributed by atoms with E-state index in [1.807, 2.05) is 53.1 Å². The van der Waals surface area contributed by atoms with Gasteiger partial charge >= 0.3 is 6.03 Å². The molecule has 0 saturated heterocycles. The molecule has 2 aromatic carbocycles. The molecule has 0 saturated carbocycles. The van der Waals surface area contributed by atoms with Crippen LogP contribution in [0, 0.1) is 0 Å². The molecule has 2 N–H and O–H groups in total. The maximum absolute atomic E-state index is 12.2. The van der Waals surface area contributed by atoms with Crippen LogP contribution in [-0.2, 0) is 11.3 Å².